The van der Waals surface area contributed by atoms with E-state index in [2.05, 4.69) is 28.5 Å². The van der Waals surface area contributed by atoms with E-state index < -0.39 is 5.41 Å². The second-order valence-electron chi connectivity index (χ2n) is 7.65. The smallest absolute Gasteiger partial charge is 0.228 e. The lowest BCUT2D eigenvalue weighted by Crippen LogP contribution is -2.53. The Morgan fingerprint density at radius 1 is 1.21 bits per heavy atom. The summed E-state index contributed by atoms with van der Waals surface area (Å²) in [6, 6.07) is 12.2. The number of rotatable bonds is 6. The van der Waals surface area contributed by atoms with E-state index in [1.165, 1.54) is 0 Å². The molecule has 3 rings (SSSR count). The maximum absolute atomic E-state index is 12.9. The summed E-state index contributed by atoms with van der Waals surface area (Å²) in [6.45, 7) is 3.24. The molecule has 1 saturated heterocycles. The van der Waals surface area contributed by atoms with Crippen molar-refractivity contribution in [3.63, 3.8) is 0 Å². The molecule has 0 radical (unpaired) electrons. The van der Waals surface area contributed by atoms with Crippen LogP contribution < -0.4 is 5.32 Å². The van der Waals surface area contributed by atoms with E-state index in [-0.39, 0.29) is 11.8 Å². The topological polar surface area (TPSA) is 62.3 Å². The monoisotopic (exact) mass is 379 g/mol. The molecule has 5 heteroatoms. The number of hydrogen-bond donors (Lipinski definition) is 1. The first-order valence-electron chi connectivity index (χ1n) is 10.1. The van der Waals surface area contributed by atoms with Gasteiger partial charge in [-0.05, 0) is 48.4 Å². The van der Waals surface area contributed by atoms with Gasteiger partial charge in [-0.3, -0.25) is 14.6 Å². The minimum atomic E-state index is -0.579. The number of benzene rings is 1. The van der Waals surface area contributed by atoms with Crippen LogP contribution in [0.5, 0.6) is 0 Å². The van der Waals surface area contributed by atoms with E-state index in [0.29, 0.717) is 19.4 Å². The van der Waals surface area contributed by atoms with Crippen LogP contribution in [0.15, 0.2) is 48.8 Å². The maximum atomic E-state index is 12.9. The molecular weight excluding hydrogens is 350 g/mol. The third-order valence-electron chi connectivity index (χ3n) is 5.57. The SMILES string of the molecule is CCCC(=O)N1CCCC(Cc2cccc(-c3cccnc3)c2)(C(=O)NC)C1. The minimum absolute atomic E-state index is 0.0216. The lowest BCUT2D eigenvalue weighted by Gasteiger charge is -2.41. The second kappa shape index (κ2) is 9.00. The van der Waals surface area contributed by atoms with E-state index in [1.54, 1.807) is 13.2 Å². The number of aromatic nitrogens is 1. The van der Waals surface area contributed by atoms with Crippen LogP contribution in [0.3, 0.4) is 0 Å². The highest BCUT2D eigenvalue weighted by Crippen LogP contribution is 2.35. The molecule has 2 amide bonds. The molecule has 0 aliphatic carbocycles. The number of amides is 2. The normalized spacial score (nSPS) is 19.3. The van der Waals surface area contributed by atoms with Crippen LogP contribution in [-0.2, 0) is 16.0 Å². The molecule has 2 aromatic rings. The number of nitrogens with zero attached hydrogens (tertiary/aromatic N) is 2. The molecule has 1 N–H and O–H groups in total. The van der Waals surface area contributed by atoms with Gasteiger partial charge >= 0.3 is 0 Å². The fourth-order valence-corrected chi connectivity index (χ4v) is 4.18. The highest BCUT2D eigenvalue weighted by atomic mass is 16.2. The molecule has 1 fully saturated rings. The van der Waals surface area contributed by atoms with Crippen molar-refractivity contribution in [3.8, 4) is 11.1 Å². The zero-order chi connectivity index (χ0) is 20.0. The van der Waals surface area contributed by atoms with Gasteiger partial charge in [0.05, 0.1) is 5.41 Å². The molecule has 1 unspecified atom stereocenters. The fourth-order valence-electron chi connectivity index (χ4n) is 4.18. The number of piperidine rings is 1. The second-order valence-corrected chi connectivity index (χ2v) is 7.65. The van der Waals surface area contributed by atoms with Crippen LogP contribution in [0, 0.1) is 5.41 Å². The Labute approximate surface area is 167 Å². The van der Waals surface area contributed by atoms with Gasteiger partial charge in [0.2, 0.25) is 11.8 Å². The summed E-state index contributed by atoms with van der Waals surface area (Å²) in [7, 11) is 1.68. The van der Waals surface area contributed by atoms with E-state index in [4.69, 9.17) is 0 Å². The zero-order valence-electron chi connectivity index (χ0n) is 16.8. The minimum Gasteiger partial charge on any atom is -0.359 e. The van der Waals surface area contributed by atoms with Crippen LogP contribution >= 0.6 is 0 Å². The van der Waals surface area contributed by atoms with Crippen LogP contribution in [-0.4, -0.2) is 41.8 Å². The predicted molar refractivity (Wildman–Crippen MR) is 111 cm³/mol. The van der Waals surface area contributed by atoms with Gasteiger partial charge in [0.25, 0.3) is 0 Å². The number of hydrogen-bond acceptors (Lipinski definition) is 3. The van der Waals surface area contributed by atoms with E-state index in [0.717, 1.165) is 42.5 Å². The molecule has 1 aromatic heterocycles. The Morgan fingerprint density at radius 3 is 2.75 bits per heavy atom. The van der Waals surface area contributed by atoms with Crippen molar-refractivity contribution in [3.05, 3.63) is 54.4 Å². The third kappa shape index (κ3) is 4.41. The number of carbonyl (C=O) groups is 2. The van der Waals surface area contributed by atoms with Crippen LogP contribution in [0.1, 0.15) is 38.2 Å². The summed E-state index contributed by atoms with van der Waals surface area (Å²) in [5.74, 6) is 0.174. The zero-order valence-corrected chi connectivity index (χ0v) is 16.8. The lowest BCUT2D eigenvalue weighted by molar-refractivity contribution is -0.141. The van der Waals surface area contributed by atoms with Gasteiger partial charge in [-0.25, -0.2) is 0 Å². The Morgan fingerprint density at radius 2 is 2.04 bits per heavy atom. The summed E-state index contributed by atoms with van der Waals surface area (Å²) in [5.41, 5.74) is 2.67. The molecule has 5 nitrogen and oxygen atoms in total. The van der Waals surface area contributed by atoms with Gasteiger partial charge in [-0.1, -0.05) is 37.3 Å². The first-order valence-corrected chi connectivity index (χ1v) is 10.1. The molecule has 1 aromatic carbocycles. The molecular formula is C23H29N3O2. The van der Waals surface area contributed by atoms with Crippen molar-refractivity contribution in [2.75, 3.05) is 20.1 Å². The molecule has 1 atom stereocenters. The summed E-state index contributed by atoms with van der Waals surface area (Å²) in [6.07, 6.45) is 7.24. The Kier molecular flexibility index (Phi) is 6.45. The van der Waals surface area contributed by atoms with Crippen molar-refractivity contribution in [1.29, 1.82) is 0 Å². The third-order valence-corrected chi connectivity index (χ3v) is 5.57. The average molecular weight is 380 g/mol. The molecule has 28 heavy (non-hydrogen) atoms. The Bertz CT molecular complexity index is 822. The summed E-state index contributed by atoms with van der Waals surface area (Å²) < 4.78 is 0. The standard InChI is InChI=1S/C23H29N3O2/c1-3-7-21(27)26-13-6-11-23(17-26,22(28)24-2)15-18-8-4-9-19(14-18)20-10-5-12-25-16-20/h4-5,8-10,12,14,16H,3,6-7,11,13,15,17H2,1-2H3,(H,24,28). The number of nitrogens with one attached hydrogen (secondary N) is 1. The van der Waals surface area contributed by atoms with E-state index in [9.17, 15) is 9.59 Å². The molecule has 1 aliphatic heterocycles. The average Bonchev–Trinajstić information content (AvgIpc) is 2.74. The van der Waals surface area contributed by atoms with Gasteiger partial charge in [-0.15, -0.1) is 0 Å². The molecule has 148 valence electrons. The van der Waals surface area contributed by atoms with E-state index in [1.807, 2.05) is 36.2 Å². The molecule has 0 bridgehead atoms. The van der Waals surface area contributed by atoms with Gasteiger partial charge in [0.15, 0.2) is 0 Å². The van der Waals surface area contributed by atoms with Crippen LogP contribution in [0.4, 0.5) is 0 Å². The van der Waals surface area contributed by atoms with Crippen molar-refractivity contribution in [2.45, 2.75) is 39.0 Å². The summed E-state index contributed by atoms with van der Waals surface area (Å²) in [4.78, 5) is 31.5. The Hall–Kier alpha value is -2.69. The van der Waals surface area contributed by atoms with Gasteiger partial charge < -0.3 is 10.2 Å². The number of carbonyl (C=O) groups excluding carboxylic acids is 2. The Balaban J connectivity index is 1.87. The van der Waals surface area contributed by atoms with Gasteiger partial charge in [0, 0.05) is 39.0 Å². The fraction of sp³-hybridized carbons (Fsp3) is 0.435. The largest absolute Gasteiger partial charge is 0.359 e. The predicted octanol–water partition coefficient (Wildman–Crippen LogP) is 3.45. The van der Waals surface area contributed by atoms with Crippen molar-refractivity contribution < 1.29 is 9.59 Å². The van der Waals surface area contributed by atoms with Crippen LogP contribution in [0.25, 0.3) is 11.1 Å². The highest BCUT2D eigenvalue weighted by Gasteiger charge is 2.42. The molecule has 2 heterocycles. The van der Waals surface area contributed by atoms with Crippen molar-refractivity contribution >= 4 is 11.8 Å². The summed E-state index contributed by atoms with van der Waals surface area (Å²) in [5, 5.41) is 2.85. The van der Waals surface area contributed by atoms with Crippen molar-refractivity contribution in [2.24, 2.45) is 5.41 Å². The maximum Gasteiger partial charge on any atom is 0.228 e. The number of likely N-dealkylation sites (tertiary alicyclic amines) is 1. The number of pyridine rings is 1. The quantitative estimate of drug-likeness (QED) is 0.836. The summed E-state index contributed by atoms with van der Waals surface area (Å²) >= 11 is 0. The van der Waals surface area contributed by atoms with Gasteiger partial charge in [0.1, 0.15) is 0 Å². The van der Waals surface area contributed by atoms with Crippen molar-refractivity contribution in [1.82, 2.24) is 15.2 Å². The highest BCUT2D eigenvalue weighted by molar-refractivity contribution is 5.85. The first-order chi connectivity index (χ1) is 13.6. The molecule has 1 aliphatic rings. The van der Waals surface area contributed by atoms with E-state index >= 15 is 0 Å². The molecule has 0 saturated carbocycles. The first kappa shape index (κ1) is 20.1. The molecule has 0 spiro atoms. The van der Waals surface area contributed by atoms with Gasteiger partial charge in [-0.2, -0.15) is 0 Å². The van der Waals surface area contributed by atoms with Crippen LogP contribution in [0.2, 0.25) is 0 Å². The lowest BCUT2D eigenvalue weighted by atomic mass is 9.74.